The number of hydrogen-bond donors (Lipinski definition) is 3. The number of rotatable bonds is 8. The predicted molar refractivity (Wildman–Crippen MR) is 117 cm³/mol. The Bertz CT molecular complexity index is 909. The molecule has 2 aromatic rings. The van der Waals surface area contributed by atoms with Crippen molar-refractivity contribution in [3.8, 4) is 0 Å². The Morgan fingerprint density at radius 3 is 2.83 bits per heavy atom. The fraction of sp³-hybridized carbons (Fsp3) is 0.333. The Hall–Kier alpha value is -2.25. The van der Waals surface area contributed by atoms with Crippen molar-refractivity contribution in [1.29, 1.82) is 0 Å². The predicted octanol–water partition coefficient (Wildman–Crippen LogP) is 4.68. The average Bonchev–Trinajstić information content (AvgIpc) is 2.69. The first kappa shape index (κ1) is 21.5. The standard InChI is InChI=1S/C21H23ClFN3O2S/c1-2-3-8-24-20(27)13-5-7-17-18(9-13)26-21(28)19(25-17)12-29-11-14-4-6-15(23)10-16(14)22/h4-7,9-10,19,25H,2-3,8,11-12H2,1H3,(H,24,27)(H,26,28). The van der Waals surface area contributed by atoms with E-state index in [2.05, 4.69) is 22.9 Å². The molecule has 2 amide bonds. The number of nitrogens with one attached hydrogen (secondary N) is 3. The number of thioether (sulfide) groups is 1. The van der Waals surface area contributed by atoms with Crippen LogP contribution in [-0.4, -0.2) is 30.2 Å². The van der Waals surface area contributed by atoms with Gasteiger partial charge in [0.25, 0.3) is 5.91 Å². The second kappa shape index (κ2) is 9.98. The lowest BCUT2D eigenvalue weighted by molar-refractivity contribution is -0.116. The molecular weight excluding hydrogens is 413 g/mol. The summed E-state index contributed by atoms with van der Waals surface area (Å²) in [6.07, 6.45) is 1.94. The van der Waals surface area contributed by atoms with Crippen LogP contribution in [0.15, 0.2) is 36.4 Å². The molecule has 2 aromatic carbocycles. The van der Waals surface area contributed by atoms with Crippen LogP contribution in [0, 0.1) is 5.82 Å². The summed E-state index contributed by atoms with van der Waals surface area (Å²) in [5.74, 6) is 0.433. The minimum absolute atomic E-state index is 0.149. The van der Waals surface area contributed by atoms with E-state index in [0.29, 0.717) is 34.3 Å². The van der Waals surface area contributed by atoms with Gasteiger partial charge in [-0.25, -0.2) is 4.39 Å². The number of hydrogen-bond acceptors (Lipinski definition) is 4. The highest BCUT2D eigenvalue weighted by Crippen LogP contribution is 2.30. The molecule has 0 saturated carbocycles. The molecule has 29 heavy (non-hydrogen) atoms. The third kappa shape index (κ3) is 5.64. The van der Waals surface area contributed by atoms with Crippen LogP contribution in [0.2, 0.25) is 5.02 Å². The van der Waals surface area contributed by atoms with E-state index in [9.17, 15) is 14.0 Å². The van der Waals surface area contributed by atoms with Gasteiger partial charge in [-0.05, 0) is 42.3 Å². The quantitative estimate of drug-likeness (QED) is 0.527. The van der Waals surface area contributed by atoms with Gasteiger partial charge in [0.1, 0.15) is 11.9 Å². The summed E-state index contributed by atoms with van der Waals surface area (Å²) in [5.41, 5.74) is 2.72. The highest BCUT2D eigenvalue weighted by Gasteiger charge is 2.26. The Morgan fingerprint density at radius 2 is 2.07 bits per heavy atom. The largest absolute Gasteiger partial charge is 0.371 e. The van der Waals surface area contributed by atoms with E-state index in [-0.39, 0.29) is 17.6 Å². The van der Waals surface area contributed by atoms with Crippen LogP contribution in [0.3, 0.4) is 0 Å². The third-order valence-corrected chi connectivity index (χ3v) is 5.99. The van der Waals surface area contributed by atoms with E-state index < -0.39 is 6.04 Å². The van der Waals surface area contributed by atoms with Gasteiger partial charge >= 0.3 is 0 Å². The maximum atomic E-state index is 13.1. The molecule has 0 fully saturated rings. The summed E-state index contributed by atoms with van der Waals surface area (Å²) in [7, 11) is 0. The summed E-state index contributed by atoms with van der Waals surface area (Å²) in [6.45, 7) is 2.70. The molecule has 154 valence electrons. The maximum Gasteiger partial charge on any atom is 0.251 e. The molecule has 0 saturated heterocycles. The normalized spacial score (nSPS) is 15.3. The number of carbonyl (C=O) groups is 2. The van der Waals surface area contributed by atoms with Crippen molar-refractivity contribution >= 4 is 46.6 Å². The highest BCUT2D eigenvalue weighted by molar-refractivity contribution is 7.98. The van der Waals surface area contributed by atoms with Crippen LogP contribution in [-0.2, 0) is 10.5 Å². The summed E-state index contributed by atoms with van der Waals surface area (Å²) in [6, 6.07) is 9.14. The first-order valence-corrected chi connectivity index (χ1v) is 11.0. The van der Waals surface area contributed by atoms with Gasteiger partial charge in [0.15, 0.2) is 0 Å². The number of benzene rings is 2. The maximum absolute atomic E-state index is 13.1. The van der Waals surface area contributed by atoms with E-state index in [4.69, 9.17) is 11.6 Å². The van der Waals surface area contributed by atoms with Crippen LogP contribution in [0.25, 0.3) is 0 Å². The van der Waals surface area contributed by atoms with Gasteiger partial charge in [0.2, 0.25) is 5.91 Å². The van der Waals surface area contributed by atoms with Crippen LogP contribution >= 0.6 is 23.4 Å². The monoisotopic (exact) mass is 435 g/mol. The molecule has 8 heteroatoms. The molecule has 0 aliphatic carbocycles. The van der Waals surface area contributed by atoms with Gasteiger partial charge in [-0.3, -0.25) is 9.59 Å². The lowest BCUT2D eigenvalue weighted by Gasteiger charge is -2.27. The smallest absolute Gasteiger partial charge is 0.251 e. The van der Waals surface area contributed by atoms with Crippen molar-refractivity contribution in [2.45, 2.75) is 31.6 Å². The molecule has 1 unspecified atom stereocenters. The SMILES string of the molecule is CCCCNC(=O)c1ccc2c(c1)NC(=O)C(CSCc1ccc(F)cc1Cl)N2. The number of halogens is 2. The molecule has 5 nitrogen and oxygen atoms in total. The topological polar surface area (TPSA) is 70.2 Å². The number of amides is 2. The van der Waals surface area contributed by atoms with Crippen LogP contribution in [0.1, 0.15) is 35.7 Å². The van der Waals surface area contributed by atoms with Crippen molar-refractivity contribution in [3.63, 3.8) is 0 Å². The molecule has 0 radical (unpaired) electrons. The van der Waals surface area contributed by atoms with E-state index in [1.165, 1.54) is 23.9 Å². The minimum atomic E-state index is -0.407. The first-order chi connectivity index (χ1) is 14.0. The molecule has 1 aliphatic heterocycles. The van der Waals surface area contributed by atoms with Gasteiger partial charge in [-0.1, -0.05) is 31.0 Å². The molecule has 1 atom stereocenters. The fourth-order valence-corrected chi connectivity index (χ4v) is 4.28. The Morgan fingerprint density at radius 1 is 1.24 bits per heavy atom. The number of carbonyl (C=O) groups excluding carboxylic acids is 2. The highest BCUT2D eigenvalue weighted by atomic mass is 35.5. The van der Waals surface area contributed by atoms with E-state index in [0.717, 1.165) is 24.1 Å². The average molecular weight is 436 g/mol. The van der Waals surface area contributed by atoms with Crippen molar-refractivity contribution in [1.82, 2.24) is 5.32 Å². The Kier molecular flexibility index (Phi) is 7.39. The summed E-state index contributed by atoms with van der Waals surface area (Å²) in [4.78, 5) is 24.6. The second-order valence-corrected chi connectivity index (χ2v) is 8.24. The van der Waals surface area contributed by atoms with Crippen molar-refractivity contribution in [3.05, 3.63) is 58.4 Å². The zero-order valence-electron chi connectivity index (χ0n) is 16.1. The first-order valence-electron chi connectivity index (χ1n) is 9.49. The van der Waals surface area contributed by atoms with E-state index in [1.54, 1.807) is 24.3 Å². The molecule has 1 aliphatic rings. The lowest BCUT2D eigenvalue weighted by Crippen LogP contribution is -2.40. The summed E-state index contributed by atoms with van der Waals surface area (Å²) >= 11 is 7.58. The second-order valence-electron chi connectivity index (χ2n) is 6.81. The molecule has 0 spiro atoms. The molecule has 3 N–H and O–H groups in total. The minimum Gasteiger partial charge on any atom is -0.371 e. The lowest BCUT2D eigenvalue weighted by atomic mass is 10.1. The Balaban J connectivity index is 1.57. The third-order valence-electron chi connectivity index (χ3n) is 4.56. The van der Waals surface area contributed by atoms with Gasteiger partial charge in [0, 0.05) is 28.6 Å². The van der Waals surface area contributed by atoms with Crippen LogP contribution in [0.4, 0.5) is 15.8 Å². The van der Waals surface area contributed by atoms with Crippen molar-refractivity contribution in [2.75, 3.05) is 22.9 Å². The number of fused-ring (bicyclic) bond motifs is 1. The van der Waals surface area contributed by atoms with E-state index in [1.807, 2.05) is 0 Å². The molecule has 1 heterocycles. The van der Waals surface area contributed by atoms with Crippen LogP contribution in [0.5, 0.6) is 0 Å². The molecule has 0 bridgehead atoms. The fourth-order valence-electron chi connectivity index (χ4n) is 2.91. The van der Waals surface area contributed by atoms with Gasteiger partial charge in [-0.2, -0.15) is 11.8 Å². The summed E-state index contributed by atoms with van der Waals surface area (Å²) < 4.78 is 13.1. The van der Waals surface area contributed by atoms with Crippen molar-refractivity contribution in [2.24, 2.45) is 0 Å². The van der Waals surface area contributed by atoms with Gasteiger partial charge in [0.05, 0.1) is 11.4 Å². The van der Waals surface area contributed by atoms with E-state index >= 15 is 0 Å². The van der Waals surface area contributed by atoms with Crippen LogP contribution < -0.4 is 16.0 Å². The molecule has 3 rings (SSSR count). The van der Waals surface area contributed by atoms with Gasteiger partial charge in [-0.15, -0.1) is 0 Å². The van der Waals surface area contributed by atoms with Crippen molar-refractivity contribution < 1.29 is 14.0 Å². The molecule has 0 aromatic heterocycles. The number of unbranched alkanes of at least 4 members (excludes halogenated alkanes) is 1. The zero-order chi connectivity index (χ0) is 20.8. The zero-order valence-corrected chi connectivity index (χ0v) is 17.6. The summed E-state index contributed by atoms with van der Waals surface area (Å²) in [5, 5.41) is 9.34. The van der Waals surface area contributed by atoms with Gasteiger partial charge < -0.3 is 16.0 Å². The number of anilines is 2. The molecular formula is C21H23ClFN3O2S. The Labute approximate surface area is 178 Å².